The largest absolute Gasteiger partial charge is 0.356 e. The standard InChI is InChI=1S/C14H26N4/c1-8-15-13-16-10(2)9-12(17-13)18(7)11(3)14(4,5)6/h9,11H,8H2,1-7H3,(H,15,16,17). The van der Waals surface area contributed by atoms with Crippen LogP contribution in [0.25, 0.3) is 0 Å². The fourth-order valence-corrected chi connectivity index (χ4v) is 1.75. The van der Waals surface area contributed by atoms with Gasteiger partial charge in [-0.2, -0.15) is 4.98 Å². The topological polar surface area (TPSA) is 41.1 Å². The average molecular weight is 250 g/mol. The van der Waals surface area contributed by atoms with Crippen molar-refractivity contribution in [1.82, 2.24) is 9.97 Å². The molecule has 0 spiro atoms. The summed E-state index contributed by atoms with van der Waals surface area (Å²) >= 11 is 0. The summed E-state index contributed by atoms with van der Waals surface area (Å²) in [6.07, 6.45) is 0. The summed E-state index contributed by atoms with van der Waals surface area (Å²) < 4.78 is 0. The molecule has 4 nitrogen and oxygen atoms in total. The molecular weight excluding hydrogens is 224 g/mol. The molecule has 0 aliphatic carbocycles. The quantitative estimate of drug-likeness (QED) is 0.891. The van der Waals surface area contributed by atoms with E-state index in [4.69, 9.17) is 0 Å². The minimum atomic E-state index is 0.214. The highest BCUT2D eigenvalue weighted by Gasteiger charge is 2.25. The molecule has 1 aromatic heterocycles. The van der Waals surface area contributed by atoms with E-state index in [-0.39, 0.29) is 5.41 Å². The lowest BCUT2D eigenvalue weighted by Crippen LogP contribution is -2.40. The van der Waals surface area contributed by atoms with Crippen LogP contribution in [0.5, 0.6) is 0 Å². The predicted octanol–water partition coefficient (Wildman–Crippen LogP) is 3.09. The number of nitrogens with one attached hydrogen (secondary N) is 1. The molecule has 102 valence electrons. The molecule has 4 heteroatoms. The fraction of sp³-hybridized carbons (Fsp3) is 0.714. The van der Waals surface area contributed by atoms with E-state index in [1.54, 1.807) is 0 Å². The molecule has 1 heterocycles. The van der Waals surface area contributed by atoms with Gasteiger partial charge >= 0.3 is 0 Å². The molecule has 0 saturated heterocycles. The van der Waals surface area contributed by atoms with Crippen LogP contribution in [0.2, 0.25) is 0 Å². The monoisotopic (exact) mass is 250 g/mol. The molecule has 0 amide bonds. The van der Waals surface area contributed by atoms with Crippen LogP contribution in [0, 0.1) is 12.3 Å². The number of anilines is 2. The Bertz CT molecular complexity index is 395. The summed E-state index contributed by atoms with van der Waals surface area (Å²) in [5.74, 6) is 1.68. The van der Waals surface area contributed by atoms with Crippen LogP contribution in [0.4, 0.5) is 11.8 Å². The second-order valence-electron chi connectivity index (χ2n) is 5.87. The van der Waals surface area contributed by atoms with Crippen molar-refractivity contribution in [3.8, 4) is 0 Å². The van der Waals surface area contributed by atoms with Crippen LogP contribution >= 0.6 is 0 Å². The predicted molar refractivity (Wildman–Crippen MR) is 78.3 cm³/mol. The number of aryl methyl sites for hydroxylation is 1. The van der Waals surface area contributed by atoms with Crippen molar-refractivity contribution >= 4 is 11.8 Å². The molecule has 0 aromatic carbocycles. The van der Waals surface area contributed by atoms with E-state index >= 15 is 0 Å². The van der Waals surface area contributed by atoms with Crippen molar-refractivity contribution in [3.05, 3.63) is 11.8 Å². The van der Waals surface area contributed by atoms with Crippen molar-refractivity contribution in [2.45, 2.75) is 47.6 Å². The summed E-state index contributed by atoms with van der Waals surface area (Å²) in [5, 5.41) is 3.17. The van der Waals surface area contributed by atoms with Gasteiger partial charge in [0.25, 0.3) is 0 Å². The molecule has 0 aliphatic heterocycles. The van der Waals surface area contributed by atoms with E-state index < -0.39 is 0 Å². The lowest BCUT2D eigenvalue weighted by molar-refractivity contribution is 0.328. The van der Waals surface area contributed by atoms with Crippen LogP contribution in [0.1, 0.15) is 40.3 Å². The van der Waals surface area contributed by atoms with Gasteiger partial charge in [0.05, 0.1) is 0 Å². The molecule has 1 rings (SSSR count). The van der Waals surface area contributed by atoms with Gasteiger partial charge in [0.15, 0.2) is 0 Å². The van der Waals surface area contributed by atoms with E-state index in [0.717, 1.165) is 18.1 Å². The molecule has 1 atom stereocenters. The highest BCUT2D eigenvalue weighted by molar-refractivity contribution is 5.45. The van der Waals surface area contributed by atoms with Gasteiger partial charge in [0.2, 0.25) is 5.95 Å². The maximum Gasteiger partial charge on any atom is 0.224 e. The van der Waals surface area contributed by atoms with Gasteiger partial charge in [0.1, 0.15) is 5.82 Å². The summed E-state index contributed by atoms with van der Waals surface area (Å²) in [5.41, 5.74) is 1.20. The van der Waals surface area contributed by atoms with E-state index in [1.807, 2.05) is 19.9 Å². The Morgan fingerprint density at radius 1 is 1.33 bits per heavy atom. The Morgan fingerprint density at radius 2 is 1.94 bits per heavy atom. The van der Waals surface area contributed by atoms with Gasteiger partial charge in [-0.05, 0) is 26.2 Å². The SMILES string of the molecule is CCNc1nc(C)cc(N(C)C(C)C(C)(C)C)n1. The molecule has 0 radical (unpaired) electrons. The smallest absolute Gasteiger partial charge is 0.224 e. The first kappa shape index (κ1) is 14.7. The van der Waals surface area contributed by atoms with E-state index in [2.05, 4.69) is 54.9 Å². The van der Waals surface area contributed by atoms with Gasteiger partial charge in [-0.15, -0.1) is 0 Å². The minimum absolute atomic E-state index is 0.214. The summed E-state index contributed by atoms with van der Waals surface area (Å²) in [4.78, 5) is 11.2. The van der Waals surface area contributed by atoms with Gasteiger partial charge < -0.3 is 10.2 Å². The maximum absolute atomic E-state index is 4.56. The maximum atomic E-state index is 4.56. The van der Waals surface area contributed by atoms with Gasteiger partial charge in [0, 0.05) is 31.4 Å². The Balaban J connectivity index is 3.01. The lowest BCUT2D eigenvalue weighted by Gasteiger charge is -2.36. The first-order valence-electron chi connectivity index (χ1n) is 6.58. The minimum Gasteiger partial charge on any atom is -0.356 e. The second-order valence-corrected chi connectivity index (χ2v) is 5.87. The second kappa shape index (κ2) is 5.55. The first-order chi connectivity index (χ1) is 8.25. The van der Waals surface area contributed by atoms with Crippen LogP contribution in [0.15, 0.2) is 6.07 Å². The van der Waals surface area contributed by atoms with Crippen LogP contribution in [-0.2, 0) is 0 Å². The summed E-state index contributed by atoms with van der Waals surface area (Å²) in [6.45, 7) is 13.8. The first-order valence-corrected chi connectivity index (χ1v) is 6.58. The molecule has 1 aromatic rings. The molecule has 1 N–H and O–H groups in total. The molecule has 1 unspecified atom stereocenters. The van der Waals surface area contributed by atoms with E-state index in [0.29, 0.717) is 12.0 Å². The van der Waals surface area contributed by atoms with Crippen molar-refractivity contribution < 1.29 is 0 Å². The van der Waals surface area contributed by atoms with Crippen molar-refractivity contribution in [2.75, 3.05) is 23.8 Å². The Kier molecular flexibility index (Phi) is 4.54. The third kappa shape index (κ3) is 3.59. The number of rotatable bonds is 4. The van der Waals surface area contributed by atoms with Crippen LogP contribution in [0.3, 0.4) is 0 Å². The van der Waals surface area contributed by atoms with Crippen LogP contribution in [-0.4, -0.2) is 29.6 Å². The van der Waals surface area contributed by atoms with Crippen molar-refractivity contribution in [1.29, 1.82) is 0 Å². The zero-order chi connectivity index (χ0) is 13.9. The summed E-state index contributed by atoms with van der Waals surface area (Å²) in [6, 6.07) is 2.43. The average Bonchev–Trinajstić information content (AvgIpc) is 2.25. The lowest BCUT2D eigenvalue weighted by atomic mass is 9.87. The zero-order valence-corrected chi connectivity index (χ0v) is 12.7. The molecule has 0 bridgehead atoms. The van der Waals surface area contributed by atoms with Gasteiger partial charge in [-0.25, -0.2) is 4.98 Å². The Labute approximate surface area is 111 Å². The summed E-state index contributed by atoms with van der Waals surface area (Å²) in [7, 11) is 2.09. The molecular formula is C14H26N4. The normalized spacial score (nSPS) is 13.3. The van der Waals surface area contributed by atoms with Crippen LogP contribution < -0.4 is 10.2 Å². The van der Waals surface area contributed by atoms with E-state index in [9.17, 15) is 0 Å². The van der Waals surface area contributed by atoms with Crippen molar-refractivity contribution in [3.63, 3.8) is 0 Å². The van der Waals surface area contributed by atoms with Gasteiger partial charge in [-0.3, -0.25) is 0 Å². The van der Waals surface area contributed by atoms with E-state index in [1.165, 1.54) is 0 Å². The van der Waals surface area contributed by atoms with Gasteiger partial charge in [-0.1, -0.05) is 20.8 Å². The Hall–Kier alpha value is -1.32. The highest BCUT2D eigenvalue weighted by Crippen LogP contribution is 2.26. The highest BCUT2D eigenvalue weighted by atomic mass is 15.2. The number of nitrogens with zero attached hydrogens (tertiary/aromatic N) is 3. The molecule has 0 aliphatic rings. The number of aromatic nitrogens is 2. The number of hydrogen-bond acceptors (Lipinski definition) is 4. The third-order valence-corrected chi connectivity index (χ3v) is 3.37. The third-order valence-electron chi connectivity index (χ3n) is 3.37. The molecule has 18 heavy (non-hydrogen) atoms. The van der Waals surface area contributed by atoms with Crippen molar-refractivity contribution in [2.24, 2.45) is 5.41 Å². The zero-order valence-electron chi connectivity index (χ0n) is 12.7. The molecule has 0 fully saturated rings. The molecule has 0 saturated carbocycles. The Morgan fingerprint density at radius 3 is 2.44 bits per heavy atom. The number of hydrogen-bond donors (Lipinski definition) is 1. The fourth-order valence-electron chi connectivity index (χ4n) is 1.75.